The van der Waals surface area contributed by atoms with E-state index >= 15 is 0 Å². The van der Waals surface area contributed by atoms with Gasteiger partial charge in [0.2, 0.25) is 0 Å². The second kappa shape index (κ2) is 10.4. The number of rotatable bonds is 10. The predicted octanol–water partition coefficient (Wildman–Crippen LogP) is 1.42. The highest BCUT2D eigenvalue weighted by Crippen LogP contribution is 2.15. The average Bonchev–Trinajstić information content (AvgIpc) is 3.23. The van der Waals surface area contributed by atoms with E-state index in [4.69, 9.17) is 4.74 Å². The lowest BCUT2D eigenvalue weighted by atomic mass is 10.0. The van der Waals surface area contributed by atoms with Crippen molar-refractivity contribution in [2.45, 2.75) is 25.1 Å². The first-order chi connectivity index (χ1) is 15.8. The van der Waals surface area contributed by atoms with Crippen molar-refractivity contribution < 1.29 is 34.4 Å². The number of carbonyl (C=O) groups is 3. The quantitative estimate of drug-likeness (QED) is 0.360. The molecule has 2 aromatic carbocycles. The number of carboxylic acid groups (broad SMARTS) is 2. The number of ether oxygens (including phenoxy) is 1. The fraction of sp³-hybridized carbons (Fsp3) is 0.217. The molecule has 10 nitrogen and oxygen atoms in total. The van der Waals surface area contributed by atoms with E-state index in [2.05, 4.69) is 10.4 Å². The number of methoxy groups -OCH3 is 1. The lowest BCUT2D eigenvalue weighted by molar-refractivity contribution is -0.148. The number of carboxylic acids is 2. The highest BCUT2D eigenvalue weighted by Gasteiger charge is 2.29. The fourth-order valence-electron chi connectivity index (χ4n) is 3.25. The maximum absolute atomic E-state index is 12.8. The van der Waals surface area contributed by atoms with Crippen LogP contribution in [0.3, 0.4) is 0 Å². The lowest BCUT2D eigenvalue weighted by Gasteiger charge is -2.21. The van der Waals surface area contributed by atoms with Crippen molar-refractivity contribution in [3.8, 4) is 5.75 Å². The van der Waals surface area contributed by atoms with E-state index in [0.29, 0.717) is 11.3 Å². The van der Waals surface area contributed by atoms with Gasteiger partial charge in [-0.1, -0.05) is 42.5 Å². The molecule has 172 valence electrons. The average molecular weight is 453 g/mol. The molecule has 0 aliphatic carbocycles. The van der Waals surface area contributed by atoms with E-state index in [1.165, 1.54) is 11.8 Å². The topological polar surface area (TPSA) is 151 Å². The molecule has 1 aromatic heterocycles. The third kappa shape index (κ3) is 5.95. The minimum Gasteiger partial charge on any atom is -0.497 e. The van der Waals surface area contributed by atoms with Gasteiger partial charge in [-0.2, -0.15) is 5.10 Å². The largest absolute Gasteiger partial charge is 0.497 e. The van der Waals surface area contributed by atoms with Crippen LogP contribution in [0.5, 0.6) is 5.75 Å². The highest BCUT2D eigenvalue weighted by atomic mass is 16.5. The number of amides is 1. The van der Waals surface area contributed by atoms with E-state index in [1.54, 1.807) is 54.6 Å². The molecule has 3 rings (SSSR count). The van der Waals surface area contributed by atoms with Crippen LogP contribution in [0, 0.1) is 0 Å². The smallest absolute Gasteiger partial charge is 0.354 e. The standard InChI is InChI=1S/C23H23N3O7/c1-33-16-9-7-15(8-10-16)13-26-19(22(29)30)12-18(25-26)21(28)24-17(20(27)23(31)32)11-14-5-3-2-4-6-14/h2-10,12,17,20,27H,11,13H2,1H3,(H,24,28)(H,29,30)(H,31,32)/t17-,20-/m1/s1. The van der Waals surface area contributed by atoms with Gasteiger partial charge in [0.25, 0.3) is 5.91 Å². The third-order valence-corrected chi connectivity index (χ3v) is 4.97. The van der Waals surface area contributed by atoms with Crippen molar-refractivity contribution in [3.05, 3.63) is 83.2 Å². The third-order valence-electron chi connectivity index (χ3n) is 4.97. The van der Waals surface area contributed by atoms with Gasteiger partial charge in [-0.3, -0.25) is 9.48 Å². The molecule has 10 heteroatoms. The Hall–Kier alpha value is -4.18. The minimum atomic E-state index is -1.87. The van der Waals surface area contributed by atoms with Gasteiger partial charge >= 0.3 is 11.9 Å². The van der Waals surface area contributed by atoms with Crippen molar-refractivity contribution in [2.75, 3.05) is 7.11 Å². The van der Waals surface area contributed by atoms with E-state index < -0.39 is 30.0 Å². The summed E-state index contributed by atoms with van der Waals surface area (Å²) in [4.78, 5) is 35.8. The molecule has 3 aromatic rings. The molecule has 33 heavy (non-hydrogen) atoms. The van der Waals surface area contributed by atoms with Crippen LogP contribution in [0.15, 0.2) is 60.7 Å². The molecule has 0 bridgehead atoms. The summed E-state index contributed by atoms with van der Waals surface area (Å²) < 4.78 is 6.27. The van der Waals surface area contributed by atoms with Gasteiger partial charge in [-0.05, 0) is 29.7 Å². The number of aromatic nitrogens is 2. The zero-order valence-electron chi connectivity index (χ0n) is 17.7. The summed E-state index contributed by atoms with van der Waals surface area (Å²) in [7, 11) is 1.53. The summed E-state index contributed by atoms with van der Waals surface area (Å²) in [5.41, 5.74) is 1.02. The van der Waals surface area contributed by atoms with Gasteiger partial charge in [-0.15, -0.1) is 0 Å². The number of aliphatic carboxylic acids is 1. The maximum Gasteiger partial charge on any atom is 0.354 e. The van der Waals surface area contributed by atoms with Crippen molar-refractivity contribution in [1.29, 1.82) is 0 Å². The van der Waals surface area contributed by atoms with Gasteiger partial charge in [0.15, 0.2) is 11.8 Å². The van der Waals surface area contributed by atoms with Gasteiger partial charge in [-0.25, -0.2) is 9.59 Å². The first-order valence-corrected chi connectivity index (χ1v) is 9.98. The van der Waals surface area contributed by atoms with Gasteiger partial charge in [0.1, 0.15) is 11.4 Å². The SMILES string of the molecule is COc1ccc(Cn2nc(C(=O)N[C@H](Cc3ccccc3)[C@@H](O)C(=O)O)cc2C(=O)O)cc1. The Bertz CT molecular complexity index is 1130. The Morgan fingerprint density at radius 2 is 1.70 bits per heavy atom. The van der Waals surface area contributed by atoms with Crippen molar-refractivity contribution in [3.63, 3.8) is 0 Å². The zero-order valence-corrected chi connectivity index (χ0v) is 17.7. The number of nitrogens with one attached hydrogen (secondary N) is 1. The van der Waals surface area contributed by atoms with Gasteiger partial charge in [0, 0.05) is 6.07 Å². The second-order valence-corrected chi connectivity index (χ2v) is 7.28. The number of hydrogen-bond donors (Lipinski definition) is 4. The van der Waals surface area contributed by atoms with Crippen molar-refractivity contribution in [1.82, 2.24) is 15.1 Å². The number of aliphatic hydroxyl groups excluding tert-OH is 1. The number of hydrogen-bond acceptors (Lipinski definition) is 6. The van der Waals surface area contributed by atoms with Crippen LogP contribution < -0.4 is 10.1 Å². The van der Waals surface area contributed by atoms with Crippen LogP contribution in [-0.4, -0.2) is 62.2 Å². The first kappa shape index (κ1) is 23.5. The molecule has 0 fully saturated rings. The van der Waals surface area contributed by atoms with Crippen LogP contribution in [-0.2, 0) is 17.8 Å². The summed E-state index contributed by atoms with van der Waals surface area (Å²) in [5, 5.41) is 35.4. The Balaban J connectivity index is 1.82. The molecule has 0 spiro atoms. The number of aromatic carboxylic acids is 1. The molecule has 1 heterocycles. The Morgan fingerprint density at radius 3 is 2.27 bits per heavy atom. The molecule has 0 saturated heterocycles. The minimum absolute atomic E-state index is 0.0540. The Labute approximate surface area is 189 Å². The van der Waals surface area contributed by atoms with E-state index in [0.717, 1.165) is 11.6 Å². The molecule has 0 aliphatic rings. The van der Waals surface area contributed by atoms with Crippen LogP contribution in [0.1, 0.15) is 32.1 Å². The zero-order chi connectivity index (χ0) is 24.0. The molecule has 4 N–H and O–H groups in total. The number of carbonyl (C=O) groups excluding carboxylic acids is 1. The number of aliphatic hydroxyl groups is 1. The van der Waals surface area contributed by atoms with E-state index in [-0.39, 0.29) is 24.4 Å². The molecule has 0 radical (unpaired) electrons. The first-order valence-electron chi connectivity index (χ1n) is 9.98. The summed E-state index contributed by atoms with van der Waals surface area (Å²) in [6.07, 6.45) is -1.81. The van der Waals surface area contributed by atoms with Crippen LogP contribution in [0.2, 0.25) is 0 Å². The lowest BCUT2D eigenvalue weighted by Crippen LogP contribution is -2.48. The normalized spacial score (nSPS) is 12.5. The molecule has 2 atom stereocenters. The summed E-state index contributed by atoms with van der Waals surface area (Å²) in [6, 6.07) is 15.6. The molecule has 0 saturated carbocycles. The summed E-state index contributed by atoms with van der Waals surface area (Å²) >= 11 is 0. The Kier molecular flexibility index (Phi) is 7.42. The molecule has 0 aliphatic heterocycles. The van der Waals surface area contributed by atoms with Crippen LogP contribution >= 0.6 is 0 Å². The monoisotopic (exact) mass is 453 g/mol. The summed E-state index contributed by atoms with van der Waals surface area (Å²) in [5.74, 6) is -2.93. The second-order valence-electron chi connectivity index (χ2n) is 7.28. The molecule has 1 amide bonds. The fourth-order valence-corrected chi connectivity index (χ4v) is 3.25. The maximum atomic E-state index is 12.8. The summed E-state index contributed by atoms with van der Waals surface area (Å²) in [6.45, 7) is 0.0874. The number of benzene rings is 2. The molecule has 0 unspecified atom stereocenters. The highest BCUT2D eigenvalue weighted by molar-refractivity contribution is 5.96. The van der Waals surface area contributed by atoms with Gasteiger partial charge < -0.3 is 25.4 Å². The molecular weight excluding hydrogens is 430 g/mol. The van der Waals surface area contributed by atoms with Crippen LogP contribution in [0.25, 0.3) is 0 Å². The van der Waals surface area contributed by atoms with E-state index in [1.807, 2.05) is 0 Å². The number of nitrogens with zero attached hydrogens (tertiary/aromatic N) is 2. The molecular formula is C23H23N3O7. The van der Waals surface area contributed by atoms with Crippen molar-refractivity contribution >= 4 is 17.8 Å². The van der Waals surface area contributed by atoms with Gasteiger partial charge in [0.05, 0.1) is 19.7 Å². The predicted molar refractivity (Wildman–Crippen MR) is 116 cm³/mol. The van der Waals surface area contributed by atoms with Crippen molar-refractivity contribution in [2.24, 2.45) is 0 Å². The Morgan fingerprint density at radius 1 is 1.03 bits per heavy atom. The van der Waals surface area contributed by atoms with E-state index in [9.17, 15) is 29.7 Å². The van der Waals surface area contributed by atoms with Crippen LogP contribution in [0.4, 0.5) is 0 Å².